The molecule has 10 heteroatoms. The van der Waals surface area contributed by atoms with Gasteiger partial charge in [0.25, 0.3) is 5.91 Å². The lowest BCUT2D eigenvalue weighted by atomic mass is 9.96. The lowest BCUT2D eigenvalue weighted by Crippen LogP contribution is -2.55. The molecule has 1 saturated heterocycles. The molecule has 1 amide bonds. The molecular weight excluding hydrogens is 451 g/mol. The number of Topliss-reactive ketones (excluding diaryl/α,β-unsaturated/α-hetero) is 1. The molecule has 30 heavy (non-hydrogen) atoms. The second-order valence-electron chi connectivity index (χ2n) is 7.85. The summed E-state index contributed by atoms with van der Waals surface area (Å²) in [5.74, 6) is -1.64. The van der Waals surface area contributed by atoms with Crippen molar-refractivity contribution >= 4 is 44.7 Å². The molecule has 2 aliphatic rings. The Morgan fingerprint density at radius 3 is 2.50 bits per heavy atom. The Morgan fingerprint density at radius 1 is 1.17 bits per heavy atom. The Kier molecular flexibility index (Phi) is 6.69. The van der Waals surface area contributed by atoms with E-state index in [4.69, 9.17) is 23.2 Å². The van der Waals surface area contributed by atoms with Gasteiger partial charge in [-0.05, 0) is 38.0 Å². The summed E-state index contributed by atoms with van der Waals surface area (Å²) in [5.41, 5.74) is 0.720. The molecule has 0 radical (unpaired) electrons. The van der Waals surface area contributed by atoms with Crippen LogP contribution in [0.3, 0.4) is 0 Å². The van der Waals surface area contributed by atoms with Crippen LogP contribution in [0.5, 0.6) is 0 Å². The zero-order valence-corrected chi connectivity index (χ0v) is 19.1. The van der Waals surface area contributed by atoms with Gasteiger partial charge in [-0.2, -0.15) is 0 Å². The summed E-state index contributed by atoms with van der Waals surface area (Å²) in [6.07, 6.45) is 0.214. The molecule has 2 aliphatic heterocycles. The first-order chi connectivity index (χ1) is 14.0. The average molecular weight is 475 g/mol. The number of sulfone groups is 1. The molecule has 164 valence electrons. The highest BCUT2D eigenvalue weighted by Crippen LogP contribution is 2.31. The number of aliphatic hydroxyl groups excluding tert-OH is 1. The minimum Gasteiger partial charge on any atom is -0.503 e. The van der Waals surface area contributed by atoms with Gasteiger partial charge < -0.3 is 14.9 Å². The first kappa shape index (κ1) is 22.9. The van der Waals surface area contributed by atoms with Crippen LogP contribution in [0.25, 0.3) is 0 Å². The fraction of sp³-hybridized carbons (Fsp3) is 0.500. The predicted molar refractivity (Wildman–Crippen MR) is 115 cm³/mol. The largest absolute Gasteiger partial charge is 0.503 e. The number of nitrogens with zero attached hydrogens (tertiary/aromatic N) is 2. The van der Waals surface area contributed by atoms with Crippen molar-refractivity contribution < 1.29 is 23.1 Å². The lowest BCUT2D eigenvalue weighted by molar-refractivity contribution is -0.136. The second kappa shape index (κ2) is 8.77. The van der Waals surface area contributed by atoms with Crippen molar-refractivity contribution in [2.75, 3.05) is 18.8 Å². The average Bonchev–Trinajstić information content (AvgIpc) is 2.68. The molecule has 1 aromatic carbocycles. The van der Waals surface area contributed by atoms with E-state index in [2.05, 4.69) is 0 Å². The van der Waals surface area contributed by atoms with Gasteiger partial charge in [-0.15, -0.1) is 0 Å². The number of hydrogen-bond acceptors (Lipinski definition) is 6. The fourth-order valence-electron chi connectivity index (χ4n) is 3.67. The van der Waals surface area contributed by atoms with Gasteiger partial charge in [0, 0.05) is 32.1 Å². The van der Waals surface area contributed by atoms with Gasteiger partial charge in [0.05, 0.1) is 21.0 Å². The van der Waals surface area contributed by atoms with E-state index in [0.29, 0.717) is 23.1 Å². The minimum atomic E-state index is -3.27. The summed E-state index contributed by atoms with van der Waals surface area (Å²) in [4.78, 5) is 28.6. The summed E-state index contributed by atoms with van der Waals surface area (Å²) in [6.45, 7) is 4.25. The van der Waals surface area contributed by atoms with E-state index in [9.17, 15) is 23.1 Å². The molecule has 7 nitrogen and oxygen atoms in total. The fourth-order valence-corrected chi connectivity index (χ4v) is 5.07. The van der Waals surface area contributed by atoms with E-state index in [1.165, 1.54) is 4.90 Å². The number of aliphatic hydroxyl groups is 1. The number of hydrogen-bond donors (Lipinski definition) is 1. The molecule has 0 aliphatic carbocycles. The van der Waals surface area contributed by atoms with Gasteiger partial charge in [-0.3, -0.25) is 9.59 Å². The van der Waals surface area contributed by atoms with E-state index >= 15 is 0 Å². The van der Waals surface area contributed by atoms with Gasteiger partial charge in [0.15, 0.2) is 15.6 Å². The third-order valence-electron chi connectivity index (χ3n) is 5.55. The van der Waals surface area contributed by atoms with Crippen molar-refractivity contribution in [3.63, 3.8) is 0 Å². The van der Waals surface area contributed by atoms with Crippen LogP contribution in [0.15, 0.2) is 29.7 Å². The number of carbonyl (C=O) groups is 2. The number of halogens is 2. The quantitative estimate of drug-likeness (QED) is 0.680. The Morgan fingerprint density at radius 2 is 1.87 bits per heavy atom. The molecule has 1 atom stereocenters. The van der Waals surface area contributed by atoms with Crippen LogP contribution in [0, 0.1) is 0 Å². The number of benzene rings is 1. The zero-order valence-electron chi connectivity index (χ0n) is 16.8. The number of rotatable bonds is 6. The summed E-state index contributed by atoms with van der Waals surface area (Å²) in [5, 5.41) is 10.6. The van der Waals surface area contributed by atoms with Crippen LogP contribution in [-0.4, -0.2) is 65.1 Å². The normalized spacial score (nSPS) is 20.2. The molecule has 2 heterocycles. The van der Waals surface area contributed by atoms with E-state index in [0.717, 1.165) is 5.56 Å². The number of piperazine rings is 1. The van der Waals surface area contributed by atoms with Crippen molar-refractivity contribution in [1.29, 1.82) is 0 Å². The number of allylic oxidation sites excluding steroid dienone is 1. The standard InChI is InChI=1S/C20H24Cl2N2O5S/c1-12(2)30(28,29)8-5-14-10-17(25)19(26)18-20(27)23(6-7-24(14)18)11-13-3-4-15(21)16(22)9-13/h3-4,9,12,14,26H,5-8,10-11H2,1-2H3. The number of amides is 1. The first-order valence-electron chi connectivity index (χ1n) is 9.69. The SMILES string of the molecule is CC(C)S(=O)(=O)CCC1CC(=O)C(O)=C2C(=O)N(Cc3ccc(Cl)c(Cl)c3)CCN21. The molecule has 0 aromatic heterocycles. The Labute approximate surface area is 186 Å². The Hall–Kier alpha value is -1.77. The van der Waals surface area contributed by atoms with Crippen LogP contribution in [-0.2, 0) is 26.0 Å². The van der Waals surface area contributed by atoms with Gasteiger partial charge >= 0.3 is 0 Å². The molecule has 1 unspecified atom stereocenters. The Balaban J connectivity index is 1.79. The number of fused-ring (bicyclic) bond motifs is 1. The van der Waals surface area contributed by atoms with Crippen molar-refractivity contribution in [3.8, 4) is 0 Å². The molecule has 1 aromatic rings. The van der Waals surface area contributed by atoms with E-state index < -0.39 is 38.6 Å². The van der Waals surface area contributed by atoms with Crippen molar-refractivity contribution in [2.45, 2.75) is 44.5 Å². The van der Waals surface area contributed by atoms with Gasteiger partial charge in [0.2, 0.25) is 5.78 Å². The summed E-state index contributed by atoms with van der Waals surface area (Å²) < 4.78 is 24.4. The zero-order chi connectivity index (χ0) is 22.2. The summed E-state index contributed by atoms with van der Waals surface area (Å²) in [7, 11) is -3.27. The topological polar surface area (TPSA) is 95.0 Å². The van der Waals surface area contributed by atoms with E-state index in [1.54, 1.807) is 36.9 Å². The van der Waals surface area contributed by atoms with Crippen LogP contribution in [0.2, 0.25) is 10.0 Å². The predicted octanol–water partition coefficient (Wildman–Crippen LogP) is 2.96. The highest BCUT2D eigenvalue weighted by atomic mass is 35.5. The van der Waals surface area contributed by atoms with Crippen LogP contribution in [0.1, 0.15) is 32.3 Å². The highest BCUT2D eigenvalue weighted by molar-refractivity contribution is 7.91. The maximum Gasteiger partial charge on any atom is 0.274 e. The maximum absolute atomic E-state index is 13.1. The van der Waals surface area contributed by atoms with Gasteiger partial charge in [-0.1, -0.05) is 29.3 Å². The summed E-state index contributed by atoms with van der Waals surface area (Å²) in [6, 6.07) is 4.64. The molecule has 0 spiro atoms. The molecule has 0 bridgehead atoms. The van der Waals surface area contributed by atoms with Gasteiger partial charge in [0.1, 0.15) is 5.70 Å². The van der Waals surface area contributed by atoms with Crippen LogP contribution >= 0.6 is 23.2 Å². The number of ketones is 1. The lowest BCUT2D eigenvalue weighted by Gasteiger charge is -2.44. The third-order valence-corrected chi connectivity index (χ3v) is 8.53. The molecule has 1 fully saturated rings. The monoisotopic (exact) mass is 474 g/mol. The van der Waals surface area contributed by atoms with E-state index in [1.807, 2.05) is 0 Å². The maximum atomic E-state index is 13.1. The molecular formula is C20H24Cl2N2O5S. The minimum absolute atomic E-state index is 0.0109. The first-order valence-corrected chi connectivity index (χ1v) is 12.2. The van der Waals surface area contributed by atoms with Crippen molar-refractivity contribution in [1.82, 2.24) is 9.80 Å². The highest BCUT2D eigenvalue weighted by Gasteiger charge is 2.42. The molecule has 0 saturated carbocycles. The second-order valence-corrected chi connectivity index (χ2v) is 11.3. The smallest absolute Gasteiger partial charge is 0.274 e. The number of carbonyl (C=O) groups excluding carboxylic acids is 2. The van der Waals surface area contributed by atoms with E-state index in [-0.39, 0.29) is 30.8 Å². The Bertz CT molecular complexity index is 1010. The van der Waals surface area contributed by atoms with Gasteiger partial charge in [-0.25, -0.2) is 8.42 Å². The molecule has 1 N–H and O–H groups in total. The van der Waals surface area contributed by atoms with Crippen molar-refractivity contribution in [2.24, 2.45) is 0 Å². The summed E-state index contributed by atoms with van der Waals surface area (Å²) >= 11 is 12.0. The molecule has 3 rings (SSSR count). The van der Waals surface area contributed by atoms with Crippen molar-refractivity contribution in [3.05, 3.63) is 45.3 Å². The van der Waals surface area contributed by atoms with Crippen LogP contribution < -0.4 is 0 Å². The third kappa shape index (κ3) is 4.60. The van der Waals surface area contributed by atoms with Crippen LogP contribution in [0.4, 0.5) is 0 Å².